The van der Waals surface area contributed by atoms with Crippen LogP contribution >= 0.6 is 11.6 Å². The molecule has 154 valence electrons. The van der Waals surface area contributed by atoms with Crippen molar-refractivity contribution in [2.75, 3.05) is 16.0 Å². The fraction of sp³-hybridized carbons (Fsp3) is 0.368. The number of benzene rings is 1. The maximum Gasteiger partial charge on any atom is 0.404 e. The number of halogens is 1. The van der Waals surface area contributed by atoms with Gasteiger partial charge in [-0.15, -0.1) is 0 Å². The van der Waals surface area contributed by atoms with Gasteiger partial charge in [0.25, 0.3) is 0 Å². The van der Waals surface area contributed by atoms with E-state index >= 15 is 0 Å². The fourth-order valence-electron chi connectivity index (χ4n) is 3.27. The molecule has 1 aromatic carbocycles. The quantitative estimate of drug-likeness (QED) is 0.680. The van der Waals surface area contributed by atoms with Crippen LogP contribution in [0.25, 0.3) is 0 Å². The van der Waals surface area contributed by atoms with Gasteiger partial charge in [0, 0.05) is 11.8 Å². The number of hydrogen-bond acceptors (Lipinski definition) is 6. The van der Waals surface area contributed by atoms with Crippen LogP contribution in [0.1, 0.15) is 37.7 Å². The first-order chi connectivity index (χ1) is 13.9. The maximum atomic E-state index is 12.1. The minimum atomic E-state index is -0.632. The molecule has 1 fully saturated rings. The van der Waals surface area contributed by atoms with Crippen molar-refractivity contribution in [3.63, 3.8) is 0 Å². The largest absolute Gasteiger partial charge is 0.446 e. The number of amides is 3. The molecule has 9 nitrogen and oxygen atoms in total. The summed E-state index contributed by atoms with van der Waals surface area (Å²) in [5.74, 6) is 0.575. The van der Waals surface area contributed by atoms with Crippen LogP contribution in [-0.2, 0) is 11.3 Å². The zero-order valence-corrected chi connectivity index (χ0v) is 16.6. The summed E-state index contributed by atoms with van der Waals surface area (Å²) in [5, 5.41) is 3.19. The lowest BCUT2D eigenvalue weighted by molar-refractivity contribution is 0.0829. The third-order valence-corrected chi connectivity index (χ3v) is 4.98. The molecule has 0 saturated heterocycles. The number of primary amides is 1. The monoisotopic (exact) mass is 418 g/mol. The van der Waals surface area contributed by atoms with Crippen molar-refractivity contribution in [1.82, 2.24) is 9.97 Å². The molecule has 0 spiro atoms. The minimum absolute atomic E-state index is 0.103. The Balaban J connectivity index is 0.000000204. The molecule has 3 amide bonds. The van der Waals surface area contributed by atoms with Gasteiger partial charge in [0.2, 0.25) is 5.95 Å². The van der Waals surface area contributed by atoms with Crippen LogP contribution in [-0.4, -0.2) is 28.2 Å². The van der Waals surface area contributed by atoms with Crippen molar-refractivity contribution in [2.45, 2.75) is 44.8 Å². The first kappa shape index (κ1) is 20.7. The number of nitrogens with zero attached hydrogens (tertiary/aromatic N) is 3. The predicted octanol–water partition coefficient (Wildman–Crippen LogP) is 3.68. The van der Waals surface area contributed by atoms with Crippen LogP contribution in [0.2, 0.25) is 5.02 Å². The van der Waals surface area contributed by atoms with Gasteiger partial charge in [0.1, 0.15) is 11.9 Å². The van der Waals surface area contributed by atoms with Gasteiger partial charge in [-0.05, 0) is 37.8 Å². The molecule has 1 aliphatic heterocycles. The van der Waals surface area contributed by atoms with Crippen LogP contribution < -0.4 is 21.7 Å². The van der Waals surface area contributed by atoms with Gasteiger partial charge in [0.15, 0.2) is 0 Å². The molecule has 4 rings (SSSR count). The van der Waals surface area contributed by atoms with Crippen molar-refractivity contribution in [3.8, 4) is 0 Å². The minimum Gasteiger partial charge on any atom is -0.446 e. The second-order valence-electron chi connectivity index (χ2n) is 6.77. The Morgan fingerprint density at radius 3 is 2.66 bits per heavy atom. The van der Waals surface area contributed by atoms with E-state index in [1.54, 1.807) is 18.3 Å². The average molecular weight is 419 g/mol. The number of para-hydroxylation sites is 1. The second kappa shape index (κ2) is 9.42. The lowest BCUT2D eigenvalue weighted by Gasteiger charge is -2.29. The number of carbonyl (C=O) groups excluding carboxylic acids is 2. The number of urea groups is 1. The highest BCUT2D eigenvalue weighted by Gasteiger charge is 2.26. The van der Waals surface area contributed by atoms with Crippen molar-refractivity contribution in [3.05, 3.63) is 41.0 Å². The van der Waals surface area contributed by atoms with Gasteiger partial charge in [-0.3, -0.25) is 10.2 Å². The summed E-state index contributed by atoms with van der Waals surface area (Å²) in [6, 6.07) is 6.86. The van der Waals surface area contributed by atoms with Gasteiger partial charge in [-0.2, -0.15) is 4.98 Å². The summed E-state index contributed by atoms with van der Waals surface area (Å²) < 4.78 is 4.83. The SMILES string of the molecule is NC(=O)OC1CCCCC1.Nc1ncc2c(n1)NC(=O)N(c1ccccc1Cl)C2. The van der Waals surface area contributed by atoms with Gasteiger partial charge >= 0.3 is 12.1 Å². The van der Waals surface area contributed by atoms with E-state index < -0.39 is 6.09 Å². The van der Waals surface area contributed by atoms with E-state index in [1.165, 1.54) is 11.3 Å². The Morgan fingerprint density at radius 2 is 1.97 bits per heavy atom. The van der Waals surface area contributed by atoms with Crippen LogP contribution in [0.15, 0.2) is 30.5 Å². The molecule has 2 aromatic rings. The molecule has 0 unspecified atom stereocenters. The molecule has 1 aromatic heterocycles. The van der Waals surface area contributed by atoms with E-state index in [0.717, 1.165) is 31.2 Å². The molecule has 0 bridgehead atoms. The van der Waals surface area contributed by atoms with Crippen LogP contribution in [0.3, 0.4) is 0 Å². The lowest BCUT2D eigenvalue weighted by Crippen LogP contribution is -2.39. The number of fused-ring (bicyclic) bond motifs is 1. The zero-order chi connectivity index (χ0) is 20.8. The molecule has 2 heterocycles. The number of anilines is 3. The van der Waals surface area contributed by atoms with E-state index in [2.05, 4.69) is 15.3 Å². The summed E-state index contributed by atoms with van der Waals surface area (Å²) in [6.07, 6.45) is 6.64. The molecule has 29 heavy (non-hydrogen) atoms. The molecule has 2 aliphatic rings. The first-order valence-corrected chi connectivity index (χ1v) is 9.72. The highest BCUT2D eigenvalue weighted by Crippen LogP contribution is 2.31. The van der Waals surface area contributed by atoms with Gasteiger partial charge < -0.3 is 16.2 Å². The van der Waals surface area contributed by atoms with Crippen LogP contribution in [0.4, 0.5) is 27.0 Å². The highest BCUT2D eigenvalue weighted by molar-refractivity contribution is 6.34. The molecule has 1 aliphatic carbocycles. The summed E-state index contributed by atoms with van der Waals surface area (Å²) in [6.45, 7) is 0.352. The molecule has 10 heteroatoms. The number of nitrogens with two attached hydrogens (primary N) is 2. The normalized spacial score (nSPS) is 16.2. The van der Waals surface area contributed by atoms with Gasteiger partial charge in [-0.25, -0.2) is 14.6 Å². The van der Waals surface area contributed by atoms with Gasteiger partial charge in [0.05, 0.1) is 17.3 Å². The van der Waals surface area contributed by atoms with Crippen LogP contribution in [0.5, 0.6) is 0 Å². The smallest absolute Gasteiger partial charge is 0.404 e. The molecule has 5 N–H and O–H groups in total. The topological polar surface area (TPSA) is 136 Å². The van der Waals surface area contributed by atoms with Crippen LogP contribution in [0, 0.1) is 0 Å². The zero-order valence-electron chi connectivity index (χ0n) is 15.8. The number of aromatic nitrogens is 2. The van der Waals surface area contributed by atoms with E-state index in [0.29, 0.717) is 23.1 Å². The standard InChI is InChI=1S/C12H10ClN5O.C7H13NO2/c13-8-3-1-2-4-9(8)18-6-7-5-15-11(14)16-10(7)17-12(18)19;8-7(9)10-6-4-2-1-3-5-6/h1-5H,6H2,(H3,14,15,16,17,19);6H,1-5H2,(H2,8,9). The maximum absolute atomic E-state index is 12.1. The fourth-order valence-corrected chi connectivity index (χ4v) is 3.51. The molecule has 0 atom stereocenters. The van der Waals surface area contributed by atoms with Crippen molar-refractivity contribution in [2.24, 2.45) is 5.73 Å². The summed E-state index contributed by atoms with van der Waals surface area (Å²) >= 11 is 6.10. The average Bonchev–Trinajstić information content (AvgIpc) is 2.69. The van der Waals surface area contributed by atoms with Gasteiger partial charge in [-0.1, -0.05) is 30.2 Å². The predicted molar refractivity (Wildman–Crippen MR) is 111 cm³/mol. The summed E-state index contributed by atoms with van der Waals surface area (Å²) in [4.78, 5) is 31.8. The number of nitrogens with one attached hydrogen (secondary N) is 1. The summed E-state index contributed by atoms with van der Waals surface area (Å²) in [5.41, 5.74) is 11.8. The van der Waals surface area contributed by atoms with Crippen molar-refractivity contribution in [1.29, 1.82) is 0 Å². The number of rotatable bonds is 2. The Hall–Kier alpha value is -3.07. The van der Waals surface area contributed by atoms with E-state index in [9.17, 15) is 9.59 Å². The van der Waals surface area contributed by atoms with Crippen molar-refractivity contribution < 1.29 is 14.3 Å². The van der Waals surface area contributed by atoms with E-state index in [-0.39, 0.29) is 18.1 Å². The Bertz CT molecular complexity index is 888. The number of hydrogen-bond donors (Lipinski definition) is 3. The molecular weight excluding hydrogens is 396 g/mol. The first-order valence-electron chi connectivity index (χ1n) is 9.34. The Morgan fingerprint density at radius 1 is 1.24 bits per heavy atom. The summed E-state index contributed by atoms with van der Waals surface area (Å²) in [7, 11) is 0. The molecule has 0 radical (unpaired) electrons. The van der Waals surface area contributed by atoms with Crippen molar-refractivity contribution >= 4 is 41.2 Å². The molecule has 1 saturated carbocycles. The number of ether oxygens (including phenoxy) is 1. The Kier molecular flexibility index (Phi) is 6.71. The van der Waals surface area contributed by atoms with E-state index in [4.69, 9.17) is 27.8 Å². The highest BCUT2D eigenvalue weighted by atomic mass is 35.5. The molecular formula is C19H23ClN6O3. The Labute approximate surface area is 173 Å². The number of nitrogen functional groups attached to an aromatic ring is 1. The number of carbonyl (C=O) groups is 2. The lowest BCUT2D eigenvalue weighted by atomic mass is 9.98. The second-order valence-corrected chi connectivity index (χ2v) is 7.17. The van der Waals surface area contributed by atoms with E-state index in [1.807, 2.05) is 12.1 Å². The third-order valence-electron chi connectivity index (χ3n) is 4.66. The third kappa shape index (κ3) is 5.47.